The molecule has 0 unspecified atom stereocenters. The molecule has 3 aromatic heterocycles. The van der Waals surface area contributed by atoms with Gasteiger partial charge < -0.3 is 8.83 Å². The molecule has 0 N–H and O–H groups in total. The SMILES string of the molecule is CC(C)Cn1c(SCc2nnc(-c3ccccc3)o2)nnc1-c1ccco1. The van der Waals surface area contributed by atoms with Crippen LogP contribution in [0, 0.1) is 5.92 Å². The largest absolute Gasteiger partial charge is 0.461 e. The molecule has 0 aliphatic rings. The van der Waals surface area contributed by atoms with Gasteiger partial charge in [0.2, 0.25) is 11.8 Å². The quantitative estimate of drug-likeness (QED) is 0.435. The van der Waals surface area contributed by atoms with Crippen LogP contribution in [0.2, 0.25) is 0 Å². The number of furan rings is 1. The Hall–Kier alpha value is -2.87. The number of aromatic nitrogens is 5. The Bertz CT molecular complexity index is 992. The number of nitrogens with zero attached hydrogens (tertiary/aromatic N) is 5. The molecule has 1 aromatic carbocycles. The Balaban J connectivity index is 1.52. The normalized spacial score (nSPS) is 11.4. The number of hydrogen-bond acceptors (Lipinski definition) is 7. The number of thioether (sulfide) groups is 1. The lowest BCUT2D eigenvalue weighted by molar-refractivity contribution is 0.488. The van der Waals surface area contributed by atoms with Gasteiger partial charge in [-0.15, -0.1) is 20.4 Å². The summed E-state index contributed by atoms with van der Waals surface area (Å²) in [4.78, 5) is 0. The van der Waals surface area contributed by atoms with Crippen LogP contribution < -0.4 is 0 Å². The Morgan fingerprint density at radius 1 is 1.00 bits per heavy atom. The molecule has 4 aromatic rings. The molecule has 4 rings (SSSR count). The minimum absolute atomic E-state index is 0.446. The lowest BCUT2D eigenvalue weighted by Crippen LogP contribution is -2.07. The van der Waals surface area contributed by atoms with Gasteiger partial charge in [0, 0.05) is 12.1 Å². The smallest absolute Gasteiger partial charge is 0.247 e. The average molecular weight is 381 g/mol. The van der Waals surface area contributed by atoms with E-state index >= 15 is 0 Å². The summed E-state index contributed by atoms with van der Waals surface area (Å²) >= 11 is 1.52. The van der Waals surface area contributed by atoms with E-state index in [1.54, 1.807) is 6.26 Å². The molecular weight excluding hydrogens is 362 g/mol. The first-order chi connectivity index (χ1) is 13.2. The first-order valence-electron chi connectivity index (χ1n) is 8.68. The zero-order valence-corrected chi connectivity index (χ0v) is 15.9. The van der Waals surface area contributed by atoms with Crippen molar-refractivity contribution >= 4 is 11.8 Å². The predicted octanol–water partition coefficient (Wildman–Crippen LogP) is 4.54. The fourth-order valence-corrected chi connectivity index (χ4v) is 3.43. The van der Waals surface area contributed by atoms with E-state index in [0.29, 0.717) is 29.2 Å². The van der Waals surface area contributed by atoms with Gasteiger partial charge in [0.25, 0.3) is 0 Å². The maximum absolute atomic E-state index is 5.77. The fourth-order valence-electron chi connectivity index (χ4n) is 2.65. The van der Waals surface area contributed by atoms with Crippen LogP contribution in [0.25, 0.3) is 23.0 Å². The molecule has 0 atom stereocenters. The van der Waals surface area contributed by atoms with Crippen molar-refractivity contribution in [3.63, 3.8) is 0 Å². The van der Waals surface area contributed by atoms with E-state index < -0.39 is 0 Å². The summed E-state index contributed by atoms with van der Waals surface area (Å²) in [5.41, 5.74) is 0.907. The van der Waals surface area contributed by atoms with E-state index in [4.69, 9.17) is 8.83 Å². The van der Waals surface area contributed by atoms with Crippen LogP contribution in [0.15, 0.2) is 62.7 Å². The average Bonchev–Trinajstić information content (AvgIpc) is 3.41. The topological polar surface area (TPSA) is 82.8 Å². The van der Waals surface area contributed by atoms with Gasteiger partial charge in [-0.1, -0.05) is 43.8 Å². The number of rotatable bonds is 7. The van der Waals surface area contributed by atoms with E-state index in [0.717, 1.165) is 23.1 Å². The zero-order chi connectivity index (χ0) is 18.6. The molecule has 8 heteroatoms. The molecule has 0 saturated carbocycles. The highest BCUT2D eigenvalue weighted by Gasteiger charge is 2.18. The Morgan fingerprint density at radius 2 is 1.85 bits per heavy atom. The standard InChI is InChI=1S/C19H19N5O2S/c1-13(2)11-24-17(15-9-6-10-25-15)21-23-19(24)27-12-16-20-22-18(26-16)14-7-4-3-5-8-14/h3-10,13H,11-12H2,1-2H3. The molecular formula is C19H19N5O2S. The van der Waals surface area contributed by atoms with Crippen LogP contribution in [0.3, 0.4) is 0 Å². The molecule has 0 amide bonds. The van der Waals surface area contributed by atoms with Gasteiger partial charge in [-0.2, -0.15) is 0 Å². The molecule has 3 heterocycles. The van der Waals surface area contributed by atoms with Crippen LogP contribution in [0.4, 0.5) is 0 Å². The van der Waals surface area contributed by atoms with Gasteiger partial charge in [-0.25, -0.2) is 0 Å². The Labute approximate surface area is 160 Å². The van der Waals surface area contributed by atoms with Crippen molar-refractivity contribution in [3.05, 3.63) is 54.6 Å². The van der Waals surface area contributed by atoms with E-state index in [-0.39, 0.29) is 0 Å². The van der Waals surface area contributed by atoms with E-state index in [2.05, 4.69) is 38.8 Å². The summed E-state index contributed by atoms with van der Waals surface area (Å²) in [7, 11) is 0. The molecule has 0 radical (unpaired) electrons. The monoisotopic (exact) mass is 381 g/mol. The van der Waals surface area contributed by atoms with Crippen molar-refractivity contribution in [2.75, 3.05) is 0 Å². The van der Waals surface area contributed by atoms with Crippen LogP contribution in [-0.4, -0.2) is 25.0 Å². The molecule has 27 heavy (non-hydrogen) atoms. The molecule has 0 fully saturated rings. The van der Waals surface area contributed by atoms with Gasteiger partial charge in [-0.05, 0) is 30.2 Å². The lowest BCUT2D eigenvalue weighted by Gasteiger charge is -2.10. The second kappa shape index (κ2) is 7.79. The Kier molecular flexibility index (Phi) is 5.06. The van der Waals surface area contributed by atoms with Crippen LogP contribution in [0.5, 0.6) is 0 Å². The third-order valence-electron chi connectivity index (χ3n) is 3.82. The molecule has 0 aliphatic heterocycles. The zero-order valence-electron chi connectivity index (χ0n) is 15.1. The summed E-state index contributed by atoms with van der Waals surface area (Å²) in [6.07, 6.45) is 1.64. The summed E-state index contributed by atoms with van der Waals surface area (Å²) in [5.74, 6) is 3.48. The highest BCUT2D eigenvalue weighted by atomic mass is 32.2. The van der Waals surface area contributed by atoms with Crippen molar-refractivity contribution < 1.29 is 8.83 Å². The van der Waals surface area contributed by atoms with E-state index in [1.807, 2.05) is 42.5 Å². The van der Waals surface area contributed by atoms with Gasteiger partial charge in [0.05, 0.1) is 12.0 Å². The van der Waals surface area contributed by atoms with Gasteiger partial charge >= 0.3 is 0 Å². The number of hydrogen-bond donors (Lipinski definition) is 0. The lowest BCUT2D eigenvalue weighted by atomic mass is 10.2. The van der Waals surface area contributed by atoms with Crippen molar-refractivity contribution in [1.29, 1.82) is 0 Å². The highest BCUT2D eigenvalue weighted by Crippen LogP contribution is 2.28. The minimum Gasteiger partial charge on any atom is -0.461 e. The summed E-state index contributed by atoms with van der Waals surface area (Å²) in [5, 5.41) is 17.7. The summed E-state index contributed by atoms with van der Waals surface area (Å²) in [6, 6.07) is 13.5. The first-order valence-corrected chi connectivity index (χ1v) is 9.67. The number of benzene rings is 1. The van der Waals surface area contributed by atoms with Crippen molar-refractivity contribution in [2.45, 2.75) is 31.3 Å². The van der Waals surface area contributed by atoms with Crippen molar-refractivity contribution in [2.24, 2.45) is 5.92 Å². The van der Waals surface area contributed by atoms with Crippen LogP contribution in [0.1, 0.15) is 19.7 Å². The van der Waals surface area contributed by atoms with Crippen LogP contribution >= 0.6 is 11.8 Å². The van der Waals surface area contributed by atoms with Gasteiger partial charge in [0.15, 0.2) is 16.7 Å². The van der Waals surface area contributed by atoms with Crippen LogP contribution in [-0.2, 0) is 12.3 Å². The molecule has 0 saturated heterocycles. The first kappa shape index (κ1) is 17.5. The summed E-state index contributed by atoms with van der Waals surface area (Å²) in [6.45, 7) is 5.11. The third kappa shape index (κ3) is 3.95. The second-order valence-corrected chi connectivity index (χ2v) is 7.39. The molecule has 138 valence electrons. The van der Waals surface area contributed by atoms with E-state index in [9.17, 15) is 0 Å². The van der Waals surface area contributed by atoms with E-state index in [1.165, 1.54) is 11.8 Å². The maximum atomic E-state index is 5.77. The van der Waals surface area contributed by atoms with Gasteiger partial charge in [-0.3, -0.25) is 4.57 Å². The third-order valence-corrected chi connectivity index (χ3v) is 4.77. The molecule has 0 bridgehead atoms. The van der Waals surface area contributed by atoms with Gasteiger partial charge in [0.1, 0.15) is 0 Å². The second-order valence-electron chi connectivity index (χ2n) is 6.44. The van der Waals surface area contributed by atoms with Crippen molar-refractivity contribution in [1.82, 2.24) is 25.0 Å². The highest BCUT2D eigenvalue weighted by molar-refractivity contribution is 7.98. The molecule has 7 nitrogen and oxygen atoms in total. The minimum atomic E-state index is 0.446. The fraction of sp³-hybridized carbons (Fsp3) is 0.263. The van der Waals surface area contributed by atoms with Crippen molar-refractivity contribution in [3.8, 4) is 23.0 Å². The Morgan fingerprint density at radius 3 is 2.59 bits per heavy atom. The maximum Gasteiger partial charge on any atom is 0.247 e. The molecule has 0 spiro atoms. The predicted molar refractivity (Wildman–Crippen MR) is 102 cm³/mol. The summed E-state index contributed by atoms with van der Waals surface area (Å²) < 4.78 is 13.3. The molecule has 0 aliphatic carbocycles.